The number of anilines is 1. The normalized spacial score (nSPS) is 14.4. The second-order valence-electron chi connectivity index (χ2n) is 6.38. The highest BCUT2D eigenvalue weighted by molar-refractivity contribution is 5.81. The molecule has 0 amide bonds. The molecule has 0 saturated carbocycles. The van der Waals surface area contributed by atoms with Crippen molar-refractivity contribution in [2.45, 2.75) is 40.5 Å². The van der Waals surface area contributed by atoms with Crippen LogP contribution < -0.4 is 10.5 Å². The van der Waals surface area contributed by atoms with Gasteiger partial charge in [0, 0.05) is 5.69 Å². The molecule has 1 aromatic carbocycles. The van der Waals surface area contributed by atoms with Gasteiger partial charge in [0.15, 0.2) is 0 Å². The van der Waals surface area contributed by atoms with E-state index in [1.807, 2.05) is 13.0 Å². The van der Waals surface area contributed by atoms with Gasteiger partial charge < -0.3 is 15.2 Å². The Labute approximate surface area is 127 Å². The fourth-order valence-corrected chi connectivity index (χ4v) is 2.28. The largest absolute Gasteiger partial charge is 0.497 e. The van der Waals surface area contributed by atoms with Crippen LogP contribution in [-0.2, 0) is 9.53 Å². The van der Waals surface area contributed by atoms with Gasteiger partial charge in [-0.1, -0.05) is 27.7 Å². The number of carbonyl (C=O) groups is 1. The smallest absolute Gasteiger partial charge is 0.313 e. The number of esters is 1. The summed E-state index contributed by atoms with van der Waals surface area (Å²) >= 11 is 0. The maximum atomic E-state index is 12.5. The molecule has 4 nitrogen and oxygen atoms in total. The van der Waals surface area contributed by atoms with E-state index in [1.54, 1.807) is 19.2 Å². The molecule has 2 unspecified atom stereocenters. The van der Waals surface area contributed by atoms with Crippen molar-refractivity contribution in [3.8, 4) is 5.75 Å². The van der Waals surface area contributed by atoms with Crippen LogP contribution in [0.5, 0.6) is 5.75 Å². The van der Waals surface area contributed by atoms with Crippen molar-refractivity contribution >= 4 is 11.7 Å². The number of hydrogen-bond donors (Lipinski definition) is 1. The van der Waals surface area contributed by atoms with Gasteiger partial charge >= 0.3 is 5.97 Å². The van der Waals surface area contributed by atoms with Crippen LogP contribution in [0, 0.1) is 11.3 Å². The summed E-state index contributed by atoms with van der Waals surface area (Å²) in [4.78, 5) is 12.5. The number of nitrogen functional groups attached to an aromatic ring is 1. The second kappa shape index (κ2) is 6.83. The first-order chi connectivity index (χ1) is 9.72. The average Bonchev–Trinajstić information content (AvgIpc) is 2.40. The van der Waals surface area contributed by atoms with Crippen LogP contribution in [0.2, 0.25) is 0 Å². The summed E-state index contributed by atoms with van der Waals surface area (Å²) in [7, 11) is 1.60. The minimum Gasteiger partial charge on any atom is -0.497 e. The maximum absolute atomic E-state index is 12.5. The van der Waals surface area contributed by atoms with Crippen LogP contribution in [0.1, 0.15) is 46.1 Å². The quantitative estimate of drug-likeness (QED) is 0.665. The minimum atomic E-state index is -0.403. The zero-order valence-corrected chi connectivity index (χ0v) is 13.9. The van der Waals surface area contributed by atoms with Crippen LogP contribution >= 0.6 is 0 Å². The number of benzene rings is 1. The molecule has 0 aliphatic carbocycles. The number of nitrogens with two attached hydrogens (primary N) is 1. The highest BCUT2D eigenvalue weighted by atomic mass is 16.5. The average molecular weight is 293 g/mol. The number of hydrogen-bond acceptors (Lipinski definition) is 4. The summed E-state index contributed by atoms with van der Waals surface area (Å²) in [6.07, 6.45) is 0. The summed E-state index contributed by atoms with van der Waals surface area (Å²) in [5.41, 5.74) is 7.41. The van der Waals surface area contributed by atoms with Gasteiger partial charge in [-0.2, -0.15) is 0 Å². The molecule has 0 fully saturated rings. The zero-order chi connectivity index (χ0) is 16.2. The van der Waals surface area contributed by atoms with Crippen LogP contribution in [0.4, 0.5) is 5.69 Å². The number of methoxy groups -OCH3 is 1. The van der Waals surface area contributed by atoms with Crippen molar-refractivity contribution in [2.75, 3.05) is 19.5 Å². The summed E-state index contributed by atoms with van der Waals surface area (Å²) < 4.78 is 10.5. The molecular weight excluding hydrogens is 266 g/mol. The topological polar surface area (TPSA) is 61.5 Å². The lowest BCUT2D eigenvalue weighted by molar-refractivity contribution is -0.147. The SMILES string of the molecule is CCOC(=O)C(c1cc(OC)ccc1N)C(C)C(C)(C)C. The van der Waals surface area contributed by atoms with Crippen molar-refractivity contribution in [1.82, 2.24) is 0 Å². The van der Waals surface area contributed by atoms with Gasteiger partial charge in [-0.05, 0) is 42.0 Å². The van der Waals surface area contributed by atoms with Gasteiger partial charge in [-0.3, -0.25) is 4.79 Å². The van der Waals surface area contributed by atoms with E-state index in [2.05, 4.69) is 27.7 Å². The first-order valence-electron chi connectivity index (χ1n) is 7.32. The van der Waals surface area contributed by atoms with E-state index in [-0.39, 0.29) is 17.3 Å². The molecular formula is C17H27NO3. The van der Waals surface area contributed by atoms with Crippen molar-refractivity contribution in [2.24, 2.45) is 11.3 Å². The van der Waals surface area contributed by atoms with Crippen LogP contribution in [0.15, 0.2) is 18.2 Å². The fourth-order valence-electron chi connectivity index (χ4n) is 2.28. The van der Waals surface area contributed by atoms with Crippen molar-refractivity contribution in [1.29, 1.82) is 0 Å². The number of carbonyl (C=O) groups excluding carboxylic acids is 1. The predicted octanol–water partition coefficient (Wildman–Crippen LogP) is 3.61. The molecule has 0 aliphatic heterocycles. The highest BCUT2D eigenvalue weighted by Crippen LogP contribution is 2.41. The summed E-state index contributed by atoms with van der Waals surface area (Å²) in [6.45, 7) is 10.6. The van der Waals surface area contributed by atoms with Crippen LogP contribution in [0.3, 0.4) is 0 Å². The van der Waals surface area contributed by atoms with E-state index >= 15 is 0 Å². The lowest BCUT2D eigenvalue weighted by Crippen LogP contribution is -2.31. The molecule has 0 heterocycles. The van der Waals surface area contributed by atoms with Gasteiger partial charge in [0.1, 0.15) is 5.75 Å². The summed E-state index contributed by atoms with van der Waals surface area (Å²) in [5.74, 6) is 0.125. The third-order valence-electron chi connectivity index (χ3n) is 4.04. The molecule has 0 aliphatic rings. The monoisotopic (exact) mass is 293 g/mol. The van der Waals surface area contributed by atoms with Gasteiger partial charge in [0.25, 0.3) is 0 Å². The van der Waals surface area contributed by atoms with Gasteiger partial charge in [0.05, 0.1) is 19.6 Å². The van der Waals surface area contributed by atoms with Gasteiger partial charge in [-0.15, -0.1) is 0 Å². The van der Waals surface area contributed by atoms with E-state index < -0.39 is 5.92 Å². The standard InChI is InChI=1S/C17H27NO3/c1-7-21-16(19)15(11(2)17(3,4)5)13-10-12(20-6)8-9-14(13)18/h8-11,15H,7,18H2,1-6H3. The minimum absolute atomic E-state index is 0.0487. The Morgan fingerprint density at radius 1 is 1.33 bits per heavy atom. The Morgan fingerprint density at radius 2 is 1.95 bits per heavy atom. The summed E-state index contributed by atoms with van der Waals surface area (Å²) in [5, 5.41) is 0. The molecule has 118 valence electrons. The molecule has 21 heavy (non-hydrogen) atoms. The predicted molar refractivity (Wildman–Crippen MR) is 85.4 cm³/mol. The molecule has 0 aromatic heterocycles. The zero-order valence-electron chi connectivity index (χ0n) is 13.9. The molecule has 1 aromatic rings. The Kier molecular flexibility index (Phi) is 5.64. The van der Waals surface area contributed by atoms with E-state index in [9.17, 15) is 4.79 Å². The Hall–Kier alpha value is -1.71. The van der Waals surface area contributed by atoms with Gasteiger partial charge in [0.2, 0.25) is 0 Å². The van der Waals surface area contributed by atoms with E-state index in [0.717, 1.165) is 5.56 Å². The molecule has 0 bridgehead atoms. The van der Waals surface area contributed by atoms with Crippen molar-refractivity contribution in [3.05, 3.63) is 23.8 Å². The second-order valence-corrected chi connectivity index (χ2v) is 6.38. The molecule has 1 rings (SSSR count). The first-order valence-corrected chi connectivity index (χ1v) is 7.32. The van der Waals surface area contributed by atoms with E-state index in [1.165, 1.54) is 0 Å². The van der Waals surface area contributed by atoms with Gasteiger partial charge in [-0.25, -0.2) is 0 Å². The molecule has 0 radical (unpaired) electrons. The van der Waals surface area contributed by atoms with E-state index in [4.69, 9.17) is 15.2 Å². The van der Waals surface area contributed by atoms with Crippen LogP contribution in [0.25, 0.3) is 0 Å². The molecule has 2 atom stereocenters. The molecule has 2 N–H and O–H groups in total. The lowest BCUT2D eigenvalue weighted by atomic mass is 9.71. The highest BCUT2D eigenvalue weighted by Gasteiger charge is 2.36. The molecule has 0 spiro atoms. The van der Waals surface area contributed by atoms with Crippen molar-refractivity contribution in [3.63, 3.8) is 0 Å². The third-order valence-corrected chi connectivity index (χ3v) is 4.04. The molecule has 0 saturated heterocycles. The lowest BCUT2D eigenvalue weighted by Gasteiger charge is -2.34. The first kappa shape index (κ1) is 17.3. The summed E-state index contributed by atoms with van der Waals surface area (Å²) in [6, 6.07) is 5.40. The Balaban J connectivity index is 3.33. The van der Waals surface area contributed by atoms with E-state index in [0.29, 0.717) is 18.0 Å². The molecule has 4 heteroatoms. The third kappa shape index (κ3) is 4.13. The maximum Gasteiger partial charge on any atom is 0.313 e. The van der Waals surface area contributed by atoms with Crippen LogP contribution in [-0.4, -0.2) is 19.7 Å². The Bertz CT molecular complexity index is 491. The number of ether oxygens (including phenoxy) is 2. The number of rotatable bonds is 5. The Morgan fingerprint density at radius 3 is 2.43 bits per heavy atom. The fraction of sp³-hybridized carbons (Fsp3) is 0.588. The van der Waals surface area contributed by atoms with Crippen molar-refractivity contribution < 1.29 is 14.3 Å².